The number of benzene rings is 2. The monoisotopic (exact) mass is 247 g/mol. The molecule has 0 aliphatic heterocycles. The summed E-state index contributed by atoms with van der Waals surface area (Å²) in [4.78, 5) is 4.33. The predicted octanol–water partition coefficient (Wildman–Crippen LogP) is 4.24. The summed E-state index contributed by atoms with van der Waals surface area (Å²) in [6.07, 6.45) is 0. The molecule has 1 aromatic heterocycles. The van der Waals surface area contributed by atoms with Crippen molar-refractivity contribution in [3.8, 4) is 10.6 Å². The normalized spacial score (nSPS) is 10.9. The van der Waals surface area contributed by atoms with Gasteiger partial charge in [-0.05, 0) is 24.3 Å². The van der Waals surface area contributed by atoms with E-state index in [0.29, 0.717) is 10.6 Å². The van der Waals surface area contributed by atoms with Crippen LogP contribution in [0.25, 0.3) is 20.8 Å². The SMILES string of the molecule is Fc1ccc(-c2nc3ccccc3s2)c(F)c1. The highest BCUT2D eigenvalue weighted by Crippen LogP contribution is 2.31. The van der Waals surface area contributed by atoms with Crippen LogP contribution >= 0.6 is 11.3 Å². The van der Waals surface area contributed by atoms with Gasteiger partial charge in [0, 0.05) is 11.6 Å². The van der Waals surface area contributed by atoms with Crippen LogP contribution in [0.1, 0.15) is 0 Å². The third-order valence-corrected chi connectivity index (χ3v) is 3.53. The maximum absolute atomic E-state index is 13.6. The highest BCUT2D eigenvalue weighted by molar-refractivity contribution is 7.21. The van der Waals surface area contributed by atoms with Crippen molar-refractivity contribution in [2.45, 2.75) is 0 Å². The summed E-state index contributed by atoms with van der Waals surface area (Å²) in [7, 11) is 0. The maximum atomic E-state index is 13.6. The van der Waals surface area contributed by atoms with Gasteiger partial charge in [0.05, 0.1) is 10.2 Å². The number of fused-ring (bicyclic) bond motifs is 1. The Labute approximate surface area is 100 Å². The summed E-state index contributed by atoms with van der Waals surface area (Å²) >= 11 is 1.40. The summed E-state index contributed by atoms with van der Waals surface area (Å²) in [5.74, 6) is -1.16. The van der Waals surface area contributed by atoms with Crippen molar-refractivity contribution < 1.29 is 8.78 Å². The van der Waals surface area contributed by atoms with Gasteiger partial charge in [-0.2, -0.15) is 0 Å². The predicted molar refractivity (Wildman–Crippen MR) is 65.0 cm³/mol. The van der Waals surface area contributed by atoms with Crippen molar-refractivity contribution >= 4 is 21.6 Å². The summed E-state index contributed by atoms with van der Waals surface area (Å²) in [6.45, 7) is 0. The summed E-state index contributed by atoms with van der Waals surface area (Å²) in [5.41, 5.74) is 1.17. The molecule has 3 rings (SSSR count). The lowest BCUT2D eigenvalue weighted by Crippen LogP contribution is -1.84. The average Bonchev–Trinajstić information content (AvgIpc) is 2.72. The smallest absolute Gasteiger partial charge is 0.136 e. The van der Waals surface area contributed by atoms with E-state index in [0.717, 1.165) is 16.3 Å². The van der Waals surface area contributed by atoms with Gasteiger partial charge < -0.3 is 0 Å². The van der Waals surface area contributed by atoms with Gasteiger partial charge in [0.25, 0.3) is 0 Å². The molecule has 0 radical (unpaired) electrons. The molecule has 0 amide bonds. The lowest BCUT2D eigenvalue weighted by atomic mass is 10.2. The van der Waals surface area contributed by atoms with Gasteiger partial charge in [0.2, 0.25) is 0 Å². The number of halogens is 2. The molecule has 1 nitrogen and oxygen atoms in total. The van der Waals surface area contributed by atoms with E-state index in [1.54, 1.807) is 0 Å². The molecule has 84 valence electrons. The lowest BCUT2D eigenvalue weighted by Gasteiger charge is -1.97. The van der Waals surface area contributed by atoms with Crippen molar-refractivity contribution in [2.24, 2.45) is 0 Å². The van der Waals surface area contributed by atoms with E-state index in [9.17, 15) is 8.78 Å². The van der Waals surface area contributed by atoms with Gasteiger partial charge in [0.15, 0.2) is 0 Å². The van der Waals surface area contributed by atoms with Crippen LogP contribution in [-0.4, -0.2) is 4.98 Å². The quantitative estimate of drug-likeness (QED) is 0.626. The minimum Gasteiger partial charge on any atom is -0.236 e. The van der Waals surface area contributed by atoms with Crippen molar-refractivity contribution in [1.29, 1.82) is 0 Å². The Morgan fingerprint density at radius 3 is 2.59 bits per heavy atom. The Morgan fingerprint density at radius 1 is 1.00 bits per heavy atom. The van der Waals surface area contributed by atoms with Crippen LogP contribution in [0, 0.1) is 11.6 Å². The Hall–Kier alpha value is -1.81. The van der Waals surface area contributed by atoms with Gasteiger partial charge in [-0.3, -0.25) is 0 Å². The van der Waals surface area contributed by atoms with E-state index in [-0.39, 0.29) is 0 Å². The minimum absolute atomic E-state index is 0.340. The van der Waals surface area contributed by atoms with E-state index in [2.05, 4.69) is 4.98 Å². The first-order valence-corrected chi connectivity index (χ1v) is 5.87. The van der Waals surface area contributed by atoms with Crippen LogP contribution in [0.4, 0.5) is 8.78 Å². The molecule has 0 unspecified atom stereocenters. The molecule has 0 aliphatic carbocycles. The number of aromatic nitrogens is 1. The van der Waals surface area contributed by atoms with Gasteiger partial charge in [-0.25, -0.2) is 13.8 Å². The van der Waals surface area contributed by atoms with Crippen LogP contribution in [0.5, 0.6) is 0 Å². The first-order chi connectivity index (χ1) is 8.24. The second-order valence-corrected chi connectivity index (χ2v) is 4.64. The van der Waals surface area contributed by atoms with Crippen LogP contribution in [0.3, 0.4) is 0 Å². The van der Waals surface area contributed by atoms with Crippen molar-refractivity contribution in [2.75, 3.05) is 0 Å². The lowest BCUT2D eigenvalue weighted by molar-refractivity contribution is 0.585. The van der Waals surface area contributed by atoms with Crippen LogP contribution < -0.4 is 0 Å². The number of hydrogen-bond acceptors (Lipinski definition) is 2. The topological polar surface area (TPSA) is 12.9 Å². The first-order valence-electron chi connectivity index (χ1n) is 5.05. The second kappa shape index (κ2) is 3.89. The molecule has 1 heterocycles. The Balaban J connectivity index is 2.20. The van der Waals surface area contributed by atoms with Gasteiger partial charge in [0.1, 0.15) is 16.6 Å². The zero-order chi connectivity index (χ0) is 11.8. The molecular formula is C13H7F2NS. The molecule has 2 aromatic carbocycles. The van der Waals surface area contributed by atoms with Crippen molar-refractivity contribution in [3.05, 3.63) is 54.1 Å². The molecule has 0 bridgehead atoms. The first kappa shape index (κ1) is 10.4. The fourth-order valence-electron chi connectivity index (χ4n) is 1.65. The van der Waals surface area contributed by atoms with Gasteiger partial charge in [-0.15, -0.1) is 11.3 Å². The summed E-state index contributed by atoms with van der Waals surface area (Å²) < 4.78 is 27.4. The minimum atomic E-state index is -0.580. The van der Waals surface area contributed by atoms with E-state index in [4.69, 9.17) is 0 Å². The number of rotatable bonds is 1. The number of thiazole rings is 1. The van der Waals surface area contributed by atoms with Gasteiger partial charge in [-0.1, -0.05) is 12.1 Å². The van der Waals surface area contributed by atoms with E-state index < -0.39 is 11.6 Å². The van der Waals surface area contributed by atoms with E-state index >= 15 is 0 Å². The van der Waals surface area contributed by atoms with Crippen LogP contribution in [0.15, 0.2) is 42.5 Å². The molecule has 4 heteroatoms. The van der Waals surface area contributed by atoms with E-state index in [1.165, 1.54) is 23.5 Å². The molecule has 0 spiro atoms. The Kier molecular flexibility index (Phi) is 2.37. The summed E-state index contributed by atoms with van der Waals surface area (Å²) in [5, 5.41) is 0.573. The standard InChI is InChI=1S/C13H7F2NS/c14-8-5-6-9(10(15)7-8)13-16-11-3-1-2-4-12(11)17-13/h1-7H. The highest BCUT2D eigenvalue weighted by Gasteiger charge is 2.10. The molecule has 17 heavy (non-hydrogen) atoms. The average molecular weight is 247 g/mol. The zero-order valence-electron chi connectivity index (χ0n) is 8.65. The molecule has 0 fully saturated rings. The van der Waals surface area contributed by atoms with E-state index in [1.807, 2.05) is 24.3 Å². The Morgan fingerprint density at radius 2 is 1.82 bits per heavy atom. The number of para-hydroxylation sites is 1. The largest absolute Gasteiger partial charge is 0.236 e. The third kappa shape index (κ3) is 1.80. The van der Waals surface area contributed by atoms with Crippen LogP contribution in [0.2, 0.25) is 0 Å². The number of hydrogen-bond donors (Lipinski definition) is 0. The molecule has 0 saturated carbocycles. The summed E-state index contributed by atoms with van der Waals surface area (Å²) in [6, 6.07) is 11.1. The van der Waals surface area contributed by atoms with Crippen molar-refractivity contribution in [3.63, 3.8) is 0 Å². The second-order valence-electron chi connectivity index (χ2n) is 3.61. The fourth-order valence-corrected chi connectivity index (χ4v) is 2.64. The molecule has 0 N–H and O–H groups in total. The molecule has 0 aliphatic rings. The zero-order valence-corrected chi connectivity index (χ0v) is 9.47. The Bertz CT molecular complexity index is 658. The number of nitrogens with zero attached hydrogens (tertiary/aromatic N) is 1. The maximum Gasteiger partial charge on any atom is 0.136 e. The fraction of sp³-hybridized carbons (Fsp3) is 0. The van der Waals surface area contributed by atoms with Crippen molar-refractivity contribution in [1.82, 2.24) is 4.98 Å². The highest BCUT2D eigenvalue weighted by atomic mass is 32.1. The van der Waals surface area contributed by atoms with Crippen LogP contribution in [-0.2, 0) is 0 Å². The molecule has 0 atom stereocenters. The molecule has 3 aromatic rings. The molecule has 0 saturated heterocycles. The third-order valence-electron chi connectivity index (χ3n) is 2.46. The molecular weight excluding hydrogens is 240 g/mol. The van der Waals surface area contributed by atoms with Gasteiger partial charge >= 0.3 is 0 Å².